The highest BCUT2D eigenvalue weighted by Crippen LogP contribution is 2.39. The van der Waals surface area contributed by atoms with Crippen LogP contribution in [0.3, 0.4) is 0 Å². The van der Waals surface area contributed by atoms with Crippen LogP contribution < -0.4 is 11.1 Å². The van der Waals surface area contributed by atoms with Crippen molar-refractivity contribution < 1.29 is 4.79 Å². The summed E-state index contributed by atoms with van der Waals surface area (Å²) in [6.45, 7) is 2.04. The molecule has 2 aromatic rings. The summed E-state index contributed by atoms with van der Waals surface area (Å²) in [6, 6.07) is 6.24. The Hall–Kier alpha value is -1.63. The number of pyridine rings is 1. The minimum absolute atomic E-state index is 0. The Kier molecular flexibility index (Phi) is 7.87. The fourth-order valence-corrected chi connectivity index (χ4v) is 4.83. The third-order valence-corrected chi connectivity index (χ3v) is 5.99. The second-order valence-corrected chi connectivity index (χ2v) is 7.64. The molecule has 2 aromatic heterocycles. The third kappa shape index (κ3) is 4.34. The lowest BCUT2D eigenvalue weighted by Gasteiger charge is -2.45. The maximum Gasteiger partial charge on any atom is 0.255 e. The van der Waals surface area contributed by atoms with E-state index in [2.05, 4.69) is 15.4 Å². The predicted octanol–water partition coefficient (Wildman–Crippen LogP) is 3.31. The van der Waals surface area contributed by atoms with E-state index < -0.39 is 0 Å². The summed E-state index contributed by atoms with van der Waals surface area (Å²) in [4.78, 5) is 17.4. The van der Waals surface area contributed by atoms with Gasteiger partial charge >= 0.3 is 0 Å². The molecule has 2 saturated carbocycles. The number of hydrogen-bond donors (Lipinski definition) is 2. The van der Waals surface area contributed by atoms with E-state index in [0.717, 1.165) is 30.8 Å². The first-order chi connectivity index (χ1) is 12.7. The zero-order valence-electron chi connectivity index (χ0n) is 16.1. The topological polar surface area (TPSA) is 85.8 Å². The van der Waals surface area contributed by atoms with Crippen molar-refractivity contribution >= 4 is 30.7 Å². The Labute approximate surface area is 178 Å². The smallest absolute Gasteiger partial charge is 0.255 e. The first kappa shape index (κ1) is 22.7. The highest BCUT2D eigenvalue weighted by atomic mass is 35.5. The number of nitrogens with two attached hydrogens (primary N) is 1. The summed E-state index contributed by atoms with van der Waals surface area (Å²) < 4.78 is 1.77. The van der Waals surface area contributed by atoms with Gasteiger partial charge < -0.3 is 11.1 Å². The van der Waals surface area contributed by atoms with Gasteiger partial charge in [-0.3, -0.25) is 4.79 Å². The van der Waals surface area contributed by atoms with Crippen LogP contribution in [0.2, 0.25) is 0 Å². The Morgan fingerprint density at radius 1 is 1.25 bits per heavy atom. The molecule has 4 rings (SSSR count). The van der Waals surface area contributed by atoms with E-state index in [0.29, 0.717) is 17.4 Å². The molecule has 0 spiro atoms. The molecule has 0 aliphatic heterocycles. The number of amides is 1. The van der Waals surface area contributed by atoms with Gasteiger partial charge in [-0.2, -0.15) is 5.10 Å². The molecule has 2 aliphatic rings. The number of aromatic nitrogens is 3. The maximum absolute atomic E-state index is 13.0. The summed E-state index contributed by atoms with van der Waals surface area (Å²) >= 11 is 0. The van der Waals surface area contributed by atoms with Crippen molar-refractivity contribution in [1.82, 2.24) is 20.1 Å². The van der Waals surface area contributed by atoms with E-state index in [1.807, 2.05) is 25.1 Å². The average molecular weight is 426 g/mol. The number of hydrogen-bond acceptors (Lipinski definition) is 4. The van der Waals surface area contributed by atoms with Gasteiger partial charge in [0.15, 0.2) is 5.82 Å². The molecule has 2 atom stereocenters. The van der Waals surface area contributed by atoms with Gasteiger partial charge in [-0.05, 0) is 56.1 Å². The van der Waals surface area contributed by atoms with E-state index in [-0.39, 0.29) is 42.8 Å². The molecular formula is C20H29Cl2N5O. The molecule has 2 bridgehead atoms. The van der Waals surface area contributed by atoms with Crippen molar-refractivity contribution in [1.29, 1.82) is 0 Å². The van der Waals surface area contributed by atoms with E-state index in [4.69, 9.17) is 5.73 Å². The quantitative estimate of drug-likeness (QED) is 0.786. The minimum Gasteiger partial charge on any atom is -0.349 e. The number of halogens is 2. The summed E-state index contributed by atoms with van der Waals surface area (Å²) in [5, 5.41) is 7.76. The first-order valence-corrected chi connectivity index (χ1v) is 9.72. The van der Waals surface area contributed by atoms with Crippen LogP contribution in [-0.2, 0) is 6.42 Å². The zero-order valence-corrected chi connectivity index (χ0v) is 17.7. The second-order valence-electron chi connectivity index (χ2n) is 7.64. The summed E-state index contributed by atoms with van der Waals surface area (Å²) in [5.41, 5.74) is 7.77. The van der Waals surface area contributed by atoms with E-state index >= 15 is 0 Å². The van der Waals surface area contributed by atoms with Crippen LogP contribution in [0.25, 0.3) is 5.82 Å². The Morgan fingerprint density at radius 3 is 2.57 bits per heavy atom. The lowest BCUT2D eigenvalue weighted by Crippen LogP contribution is -2.53. The third-order valence-electron chi connectivity index (χ3n) is 5.99. The second kappa shape index (κ2) is 9.72. The van der Waals surface area contributed by atoms with Gasteiger partial charge in [0.25, 0.3) is 5.91 Å². The Bertz CT molecular complexity index is 768. The minimum atomic E-state index is -0.0126. The molecule has 28 heavy (non-hydrogen) atoms. The van der Waals surface area contributed by atoms with Crippen molar-refractivity contribution in [2.45, 2.75) is 57.5 Å². The van der Waals surface area contributed by atoms with Gasteiger partial charge in [0.05, 0.1) is 17.5 Å². The molecule has 8 heteroatoms. The molecule has 0 saturated heterocycles. The molecule has 3 N–H and O–H groups in total. The standard InChI is InChI=1S/C20H27N5O.2ClH/c1-2-17-16(12-23-25(17)18-8-3-4-9-22-18)20(26)24-19-13-6-5-7-14(19)11-15(21)10-13;;/h3-4,8-9,12-15,19H,2,5-7,10-11,21H2,1H3,(H,24,26);2*1H. The first-order valence-electron chi connectivity index (χ1n) is 9.72. The fraction of sp³-hybridized carbons (Fsp3) is 0.550. The van der Waals surface area contributed by atoms with Crippen LogP contribution in [-0.4, -0.2) is 32.8 Å². The van der Waals surface area contributed by atoms with Crippen molar-refractivity contribution in [2.75, 3.05) is 0 Å². The molecule has 6 nitrogen and oxygen atoms in total. The van der Waals surface area contributed by atoms with Crippen LogP contribution in [0.15, 0.2) is 30.6 Å². The SMILES string of the molecule is CCc1c(C(=O)NC2C3CCCC2CC(N)C3)cnn1-c1ccccn1.Cl.Cl. The highest BCUT2D eigenvalue weighted by molar-refractivity contribution is 5.95. The monoisotopic (exact) mass is 425 g/mol. The predicted molar refractivity (Wildman–Crippen MR) is 115 cm³/mol. The summed E-state index contributed by atoms with van der Waals surface area (Å²) in [7, 11) is 0. The molecule has 0 aromatic carbocycles. The van der Waals surface area contributed by atoms with Gasteiger partial charge in [-0.25, -0.2) is 9.67 Å². The van der Waals surface area contributed by atoms with Crippen LogP contribution >= 0.6 is 24.8 Å². The van der Waals surface area contributed by atoms with E-state index in [1.54, 1.807) is 17.1 Å². The van der Waals surface area contributed by atoms with Gasteiger partial charge in [0.1, 0.15) is 0 Å². The molecule has 154 valence electrons. The maximum atomic E-state index is 13.0. The van der Waals surface area contributed by atoms with Crippen molar-refractivity contribution in [2.24, 2.45) is 17.6 Å². The van der Waals surface area contributed by atoms with Crippen LogP contribution in [0.4, 0.5) is 0 Å². The largest absolute Gasteiger partial charge is 0.349 e. The Morgan fingerprint density at radius 2 is 1.96 bits per heavy atom. The van der Waals surface area contributed by atoms with Crippen molar-refractivity contribution in [3.05, 3.63) is 41.9 Å². The van der Waals surface area contributed by atoms with Crippen LogP contribution in [0.1, 0.15) is 55.1 Å². The van der Waals surface area contributed by atoms with Gasteiger partial charge in [0, 0.05) is 18.3 Å². The van der Waals surface area contributed by atoms with Crippen LogP contribution in [0, 0.1) is 11.8 Å². The highest BCUT2D eigenvalue weighted by Gasteiger charge is 2.40. The number of nitrogens with zero attached hydrogens (tertiary/aromatic N) is 3. The normalized spacial score (nSPS) is 25.9. The number of rotatable bonds is 4. The van der Waals surface area contributed by atoms with Gasteiger partial charge in [-0.15, -0.1) is 24.8 Å². The molecule has 2 heterocycles. The fourth-order valence-electron chi connectivity index (χ4n) is 4.83. The number of carbonyl (C=O) groups is 1. The van der Waals surface area contributed by atoms with Crippen molar-refractivity contribution in [3.8, 4) is 5.82 Å². The molecule has 1 amide bonds. The zero-order chi connectivity index (χ0) is 18.1. The average Bonchev–Trinajstić information content (AvgIpc) is 3.07. The lowest BCUT2D eigenvalue weighted by molar-refractivity contribution is 0.0755. The lowest BCUT2D eigenvalue weighted by atomic mass is 9.67. The van der Waals surface area contributed by atoms with Gasteiger partial charge in [-0.1, -0.05) is 19.4 Å². The van der Waals surface area contributed by atoms with E-state index in [9.17, 15) is 4.79 Å². The molecule has 2 unspecified atom stereocenters. The van der Waals surface area contributed by atoms with E-state index in [1.165, 1.54) is 19.3 Å². The Balaban J connectivity index is 0.00000140. The molecule has 0 radical (unpaired) electrons. The van der Waals surface area contributed by atoms with Crippen molar-refractivity contribution in [3.63, 3.8) is 0 Å². The molecule has 2 fully saturated rings. The number of nitrogens with one attached hydrogen (secondary N) is 1. The number of carbonyl (C=O) groups excluding carboxylic acids is 1. The number of fused-ring (bicyclic) bond motifs is 2. The summed E-state index contributed by atoms with van der Waals surface area (Å²) in [5.74, 6) is 1.75. The summed E-state index contributed by atoms with van der Waals surface area (Å²) in [6.07, 6.45) is 9.78. The molecule has 2 aliphatic carbocycles. The van der Waals surface area contributed by atoms with Gasteiger partial charge in [0.2, 0.25) is 0 Å². The van der Waals surface area contributed by atoms with Crippen LogP contribution in [0.5, 0.6) is 0 Å². The molecular weight excluding hydrogens is 397 g/mol.